The summed E-state index contributed by atoms with van der Waals surface area (Å²) in [5, 5.41) is 12.6. The molecule has 0 saturated heterocycles. The molecule has 0 bridgehead atoms. The van der Waals surface area contributed by atoms with Crippen LogP contribution in [0.5, 0.6) is 0 Å². The molecule has 6 heteroatoms. The van der Waals surface area contributed by atoms with Gasteiger partial charge < -0.3 is 22.3 Å². The number of aromatic nitrogens is 2. The van der Waals surface area contributed by atoms with Crippen LogP contribution in [0.4, 0.5) is 11.6 Å². The summed E-state index contributed by atoms with van der Waals surface area (Å²) < 4.78 is 1.40. The zero-order valence-electron chi connectivity index (χ0n) is 6.70. The molecule has 0 aromatic carbocycles. The molecule has 68 valence electrons. The molecule has 7 N–H and O–H groups in total. The third kappa shape index (κ3) is 1.34. The summed E-state index contributed by atoms with van der Waals surface area (Å²) in [6.07, 6.45) is 0.414. The summed E-state index contributed by atoms with van der Waals surface area (Å²) in [5.41, 5.74) is 17.2. The van der Waals surface area contributed by atoms with Crippen LogP contribution in [0.15, 0.2) is 0 Å². The monoisotopic (exact) mass is 171 g/mol. The van der Waals surface area contributed by atoms with E-state index in [2.05, 4.69) is 5.10 Å². The second-order valence-electron chi connectivity index (χ2n) is 2.40. The Balaban J connectivity index is 3.01. The number of nitrogens with zero attached hydrogens (tertiary/aromatic N) is 2. The molecule has 0 unspecified atom stereocenters. The van der Waals surface area contributed by atoms with Crippen molar-refractivity contribution in [1.29, 1.82) is 0 Å². The second-order valence-corrected chi connectivity index (χ2v) is 2.40. The summed E-state index contributed by atoms with van der Waals surface area (Å²) in [6, 6.07) is 0. The highest BCUT2D eigenvalue weighted by Gasteiger charge is 2.10. The Kier molecular flexibility index (Phi) is 2.51. The fourth-order valence-corrected chi connectivity index (χ4v) is 1.04. The van der Waals surface area contributed by atoms with Gasteiger partial charge in [0.25, 0.3) is 0 Å². The van der Waals surface area contributed by atoms with E-state index in [0.29, 0.717) is 23.6 Å². The fraction of sp³-hybridized carbons (Fsp3) is 0.500. The van der Waals surface area contributed by atoms with Gasteiger partial charge in [-0.05, 0) is 0 Å². The minimum absolute atomic E-state index is 0.00463. The van der Waals surface area contributed by atoms with Crippen LogP contribution in [-0.4, -0.2) is 21.5 Å². The van der Waals surface area contributed by atoms with Crippen molar-refractivity contribution < 1.29 is 5.11 Å². The van der Waals surface area contributed by atoms with Gasteiger partial charge in [0.1, 0.15) is 5.82 Å². The molecule has 6 nitrogen and oxygen atoms in total. The first-order valence-corrected chi connectivity index (χ1v) is 3.62. The molecule has 1 rings (SSSR count). The standard InChI is InChI=1S/C6H13N5O/c7-3-11-6(9)4(1-2-12)5(8)10-11/h12H,1-3,7,9H2,(H2,8,10). The predicted octanol–water partition coefficient (Wildman–Crippen LogP) is -1.50. The first kappa shape index (κ1) is 8.82. The molecular formula is C6H13N5O. The molecular weight excluding hydrogens is 158 g/mol. The highest BCUT2D eigenvalue weighted by molar-refractivity contribution is 5.54. The summed E-state index contributed by atoms with van der Waals surface area (Å²) in [7, 11) is 0. The average Bonchev–Trinajstić information content (AvgIpc) is 2.32. The van der Waals surface area contributed by atoms with E-state index in [-0.39, 0.29) is 13.3 Å². The number of rotatable bonds is 3. The molecule has 0 aliphatic heterocycles. The zero-order valence-corrected chi connectivity index (χ0v) is 6.70. The zero-order chi connectivity index (χ0) is 9.14. The third-order valence-electron chi connectivity index (χ3n) is 1.66. The second kappa shape index (κ2) is 3.42. The molecule has 0 aliphatic rings. The lowest BCUT2D eigenvalue weighted by Gasteiger charge is -1.99. The Morgan fingerprint density at radius 2 is 2.08 bits per heavy atom. The molecule has 0 spiro atoms. The predicted molar refractivity (Wildman–Crippen MR) is 46.0 cm³/mol. The van der Waals surface area contributed by atoms with E-state index in [4.69, 9.17) is 22.3 Å². The number of anilines is 2. The average molecular weight is 171 g/mol. The largest absolute Gasteiger partial charge is 0.396 e. The van der Waals surface area contributed by atoms with Crippen molar-refractivity contribution >= 4 is 11.6 Å². The normalized spacial score (nSPS) is 10.5. The molecule has 1 aromatic heterocycles. The molecule has 12 heavy (non-hydrogen) atoms. The fourth-order valence-electron chi connectivity index (χ4n) is 1.04. The van der Waals surface area contributed by atoms with E-state index in [1.165, 1.54) is 4.68 Å². The van der Waals surface area contributed by atoms with Crippen LogP contribution >= 0.6 is 0 Å². The molecule has 0 fully saturated rings. The lowest BCUT2D eigenvalue weighted by molar-refractivity contribution is 0.300. The van der Waals surface area contributed by atoms with Gasteiger partial charge in [0.15, 0.2) is 5.82 Å². The number of hydrogen-bond donors (Lipinski definition) is 4. The van der Waals surface area contributed by atoms with Crippen molar-refractivity contribution in [3.63, 3.8) is 0 Å². The van der Waals surface area contributed by atoms with E-state index in [1.54, 1.807) is 0 Å². The molecule has 0 atom stereocenters. The topological polar surface area (TPSA) is 116 Å². The third-order valence-corrected chi connectivity index (χ3v) is 1.66. The van der Waals surface area contributed by atoms with Gasteiger partial charge in [-0.25, -0.2) is 4.68 Å². The van der Waals surface area contributed by atoms with Crippen LogP contribution in [0.2, 0.25) is 0 Å². The van der Waals surface area contributed by atoms with Crippen LogP contribution < -0.4 is 17.2 Å². The Labute approximate surface area is 69.9 Å². The first-order chi connectivity index (χ1) is 5.70. The molecule has 0 amide bonds. The first-order valence-electron chi connectivity index (χ1n) is 3.62. The number of nitrogens with two attached hydrogens (primary N) is 3. The minimum atomic E-state index is 0.00463. The van der Waals surface area contributed by atoms with E-state index in [9.17, 15) is 0 Å². The van der Waals surface area contributed by atoms with Gasteiger partial charge >= 0.3 is 0 Å². The maximum Gasteiger partial charge on any atom is 0.151 e. The maximum absolute atomic E-state index is 8.67. The van der Waals surface area contributed by atoms with Gasteiger partial charge in [0.05, 0.1) is 6.67 Å². The van der Waals surface area contributed by atoms with Crippen molar-refractivity contribution in [2.75, 3.05) is 18.1 Å². The maximum atomic E-state index is 8.67. The molecule has 0 radical (unpaired) electrons. The van der Waals surface area contributed by atoms with Gasteiger partial charge in [-0.3, -0.25) is 0 Å². The van der Waals surface area contributed by atoms with Crippen molar-refractivity contribution in [3.05, 3.63) is 5.56 Å². The van der Waals surface area contributed by atoms with Crippen molar-refractivity contribution in [1.82, 2.24) is 9.78 Å². The van der Waals surface area contributed by atoms with E-state index >= 15 is 0 Å². The van der Waals surface area contributed by atoms with Gasteiger partial charge in [-0.1, -0.05) is 0 Å². The number of aliphatic hydroxyl groups excluding tert-OH is 1. The van der Waals surface area contributed by atoms with Crippen LogP contribution in [0.3, 0.4) is 0 Å². The van der Waals surface area contributed by atoms with Gasteiger partial charge in [-0.2, -0.15) is 5.10 Å². The van der Waals surface area contributed by atoms with Crippen LogP contribution in [0.1, 0.15) is 5.56 Å². The molecule has 0 aliphatic carbocycles. The summed E-state index contributed by atoms with van der Waals surface area (Å²) in [6.45, 7) is 0.201. The van der Waals surface area contributed by atoms with Crippen LogP contribution in [0.25, 0.3) is 0 Å². The Morgan fingerprint density at radius 1 is 1.42 bits per heavy atom. The summed E-state index contributed by atoms with van der Waals surface area (Å²) in [4.78, 5) is 0. The molecule has 1 heterocycles. The van der Waals surface area contributed by atoms with E-state index < -0.39 is 0 Å². The highest BCUT2D eigenvalue weighted by Crippen LogP contribution is 2.18. The number of nitrogen functional groups attached to an aromatic ring is 2. The SMILES string of the molecule is NCn1nc(N)c(CCO)c1N. The Morgan fingerprint density at radius 3 is 2.50 bits per heavy atom. The quantitative estimate of drug-likeness (QED) is 0.441. The van der Waals surface area contributed by atoms with Crippen LogP contribution in [-0.2, 0) is 13.1 Å². The lowest BCUT2D eigenvalue weighted by atomic mass is 10.2. The highest BCUT2D eigenvalue weighted by atomic mass is 16.3. The van der Waals surface area contributed by atoms with Gasteiger partial charge in [-0.15, -0.1) is 0 Å². The van der Waals surface area contributed by atoms with Crippen molar-refractivity contribution in [2.24, 2.45) is 5.73 Å². The molecule has 0 saturated carbocycles. The van der Waals surface area contributed by atoms with Crippen molar-refractivity contribution in [3.8, 4) is 0 Å². The summed E-state index contributed by atoms with van der Waals surface area (Å²) in [5.74, 6) is 0.774. The minimum Gasteiger partial charge on any atom is -0.396 e. The Hall–Kier alpha value is -1.27. The van der Waals surface area contributed by atoms with Crippen molar-refractivity contribution in [2.45, 2.75) is 13.1 Å². The number of hydrogen-bond acceptors (Lipinski definition) is 5. The van der Waals surface area contributed by atoms with Crippen LogP contribution in [0, 0.1) is 0 Å². The molecule has 1 aromatic rings. The smallest absolute Gasteiger partial charge is 0.151 e. The summed E-state index contributed by atoms with van der Waals surface area (Å²) >= 11 is 0. The number of aliphatic hydroxyl groups is 1. The van der Waals surface area contributed by atoms with Gasteiger partial charge in [0, 0.05) is 18.6 Å². The lowest BCUT2D eigenvalue weighted by Crippen LogP contribution is -2.12. The van der Waals surface area contributed by atoms with E-state index in [0.717, 1.165) is 0 Å². The Bertz CT molecular complexity index is 269. The van der Waals surface area contributed by atoms with E-state index in [1.807, 2.05) is 0 Å². The van der Waals surface area contributed by atoms with Gasteiger partial charge in [0.2, 0.25) is 0 Å².